The molecule has 16 heavy (non-hydrogen) atoms. The lowest BCUT2D eigenvalue weighted by molar-refractivity contribution is -0.122. The summed E-state index contributed by atoms with van der Waals surface area (Å²) in [5.74, 6) is -0.0893. The van der Waals surface area contributed by atoms with Gasteiger partial charge in [0.25, 0.3) is 0 Å². The van der Waals surface area contributed by atoms with Gasteiger partial charge in [0.2, 0.25) is 5.91 Å². The molecule has 0 saturated carbocycles. The number of rotatable bonds is 7. The Morgan fingerprint density at radius 2 is 2.44 bits per heavy atom. The van der Waals surface area contributed by atoms with Gasteiger partial charge in [-0.05, 0) is 6.42 Å². The van der Waals surface area contributed by atoms with E-state index in [9.17, 15) is 4.79 Å². The molecule has 0 aliphatic carbocycles. The predicted octanol–water partition coefficient (Wildman–Crippen LogP) is -0.0882. The number of carbonyl (C=O) groups excluding carboxylic acids is 1. The van der Waals surface area contributed by atoms with E-state index in [-0.39, 0.29) is 5.91 Å². The Morgan fingerprint density at radius 1 is 1.62 bits per heavy atom. The first-order chi connectivity index (χ1) is 7.74. The van der Waals surface area contributed by atoms with Crippen molar-refractivity contribution >= 4 is 5.91 Å². The number of hydrogen-bond donors (Lipinski definition) is 2. The van der Waals surface area contributed by atoms with Gasteiger partial charge < -0.3 is 11.1 Å². The molecule has 1 amide bonds. The molecule has 0 fully saturated rings. The number of unbranched alkanes of at least 4 members (excludes halogenated alkanes) is 1. The molecular weight excluding hydrogens is 206 g/mol. The van der Waals surface area contributed by atoms with Crippen LogP contribution in [-0.2, 0) is 11.3 Å². The Labute approximate surface area is 95.2 Å². The van der Waals surface area contributed by atoms with Crippen molar-refractivity contribution in [3.8, 4) is 0 Å². The Hall–Kier alpha value is -1.43. The quantitative estimate of drug-likeness (QED) is 0.679. The average molecular weight is 225 g/mol. The first-order valence-corrected chi connectivity index (χ1v) is 5.61. The molecule has 0 aliphatic rings. The highest BCUT2D eigenvalue weighted by Crippen LogP contribution is 1.97. The van der Waals surface area contributed by atoms with Crippen LogP contribution < -0.4 is 11.1 Å². The topological polar surface area (TPSA) is 85.8 Å². The van der Waals surface area contributed by atoms with E-state index in [1.165, 1.54) is 0 Å². The van der Waals surface area contributed by atoms with Gasteiger partial charge in [0.1, 0.15) is 0 Å². The normalized spacial score (nSPS) is 12.4. The summed E-state index contributed by atoms with van der Waals surface area (Å²) in [5, 5.41) is 10.2. The fraction of sp³-hybridized carbons (Fsp3) is 0.700. The van der Waals surface area contributed by atoms with Crippen LogP contribution >= 0.6 is 0 Å². The Bertz CT molecular complexity index is 298. The zero-order chi connectivity index (χ0) is 11.8. The molecule has 6 heteroatoms. The van der Waals surface area contributed by atoms with E-state index in [1.54, 1.807) is 17.1 Å². The van der Waals surface area contributed by atoms with E-state index in [2.05, 4.69) is 22.6 Å². The highest BCUT2D eigenvalue weighted by Gasteiger charge is 2.11. The SMILES string of the molecule is CCCC[C@H](N)C(=O)NCCn1ccnn1. The molecule has 90 valence electrons. The lowest BCUT2D eigenvalue weighted by atomic mass is 10.1. The number of nitrogens with one attached hydrogen (secondary N) is 1. The Morgan fingerprint density at radius 3 is 3.06 bits per heavy atom. The van der Waals surface area contributed by atoms with Crippen LogP contribution in [0, 0.1) is 0 Å². The van der Waals surface area contributed by atoms with Crippen molar-refractivity contribution in [2.24, 2.45) is 5.73 Å². The van der Waals surface area contributed by atoms with Crippen molar-refractivity contribution in [2.75, 3.05) is 6.54 Å². The van der Waals surface area contributed by atoms with Crippen LogP contribution in [0.25, 0.3) is 0 Å². The van der Waals surface area contributed by atoms with Crippen molar-refractivity contribution in [3.05, 3.63) is 12.4 Å². The molecule has 1 heterocycles. The molecule has 1 atom stereocenters. The summed E-state index contributed by atoms with van der Waals surface area (Å²) in [4.78, 5) is 11.5. The lowest BCUT2D eigenvalue weighted by Crippen LogP contribution is -2.41. The molecule has 0 bridgehead atoms. The molecule has 0 aliphatic heterocycles. The number of carbonyl (C=O) groups is 1. The van der Waals surface area contributed by atoms with E-state index in [0.717, 1.165) is 19.3 Å². The largest absolute Gasteiger partial charge is 0.353 e. The molecule has 0 aromatic carbocycles. The van der Waals surface area contributed by atoms with E-state index in [4.69, 9.17) is 5.73 Å². The number of hydrogen-bond acceptors (Lipinski definition) is 4. The average Bonchev–Trinajstić information content (AvgIpc) is 2.78. The van der Waals surface area contributed by atoms with Crippen LogP contribution in [-0.4, -0.2) is 33.5 Å². The van der Waals surface area contributed by atoms with Crippen molar-refractivity contribution in [3.63, 3.8) is 0 Å². The van der Waals surface area contributed by atoms with Gasteiger partial charge in [-0.2, -0.15) is 0 Å². The molecule has 0 radical (unpaired) electrons. The van der Waals surface area contributed by atoms with Gasteiger partial charge in [0.05, 0.1) is 18.8 Å². The molecule has 1 aromatic rings. The smallest absolute Gasteiger partial charge is 0.236 e. The predicted molar refractivity (Wildman–Crippen MR) is 60.5 cm³/mol. The maximum absolute atomic E-state index is 11.5. The van der Waals surface area contributed by atoms with Gasteiger partial charge >= 0.3 is 0 Å². The maximum Gasteiger partial charge on any atom is 0.236 e. The minimum absolute atomic E-state index is 0.0893. The van der Waals surface area contributed by atoms with Gasteiger partial charge in [-0.3, -0.25) is 9.48 Å². The summed E-state index contributed by atoms with van der Waals surface area (Å²) >= 11 is 0. The van der Waals surface area contributed by atoms with E-state index < -0.39 is 6.04 Å². The third-order valence-corrected chi connectivity index (χ3v) is 2.32. The van der Waals surface area contributed by atoms with Gasteiger partial charge in [-0.15, -0.1) is 5.10 Å². The monoisotopic (exact) mass is 225 g/mol. The fourth-order valence-electron chi connectivity index (χ4n) is 1.33. The zero-order valence-electron chi connectivity index (χ0n) is 9.59. The summed E-state index contributed by atoms with van der Waals surface area (Å²) in [6.45, 7) is 3.23. The van der Waals surface area contributed by atoms with Crippen LogP contribution in [0.3, 0.4) is 0 Å². The molecule has 1 rings (SSSR count). The fourth-order valence-corrected chi connectivity index (χ4v) is 1.33. The first-order valence-electron chi connectivity index (χ1n) is 5.61. The second-order valence-electron chi connectivity index (χ2n) is 3.71. The van der Waals surface area contributed by atoms with E-state index in [0.29, 0.717) is 13.1 Å². The zero-order valence-corrected chi connectivity index (χ0v) is 9.59. The Balaban J connectivity index is 2.14. The van der Waals surface area contributed by atoms with E-state index in [1.807, 2.05) is 0 Å². The first kappa shape index (κ1) is 12.6. The summed E-state index contributed by atoms with van der Waals surface area (Å²) in [7, 11) is 0. The molecule has 0 unspecified atom stereocenters. The molecule has 6 nitrogen and oxygen atoms in total. The summed E-state index contributed by atoms with van der Waals surface area (Å²) in [6, 6.07) is -0.393. The van der Waals surface area contributed by atoms with Crippen molar-refractivity contribution in [2.45, 2.75) is 38.8 Å². The number of nitrogens with two attached hydrogens (primary N) is 1. The number of amides is 1. The molecule has 0 spiro atoms. The van der Waals surface area contributed by atoms with Gasteiger partial charge in [-0.1, -0.05) is 25.0 Å². The number of aromatic nitrogens is 3. The van der Waals surface area contributed by atoms with Crippen LogP contribution in [0.15, 0.2) is 12.4 Å². The summed E-state index contributed by atoms with van der Waals surface area (Å²) < 4.78 is 1.66. The highest BCUT2D eigenvalue weighted by atomic mass is 16.2. The molecule has 0 saturated heterocycles. The maximum atomic E-state index is 11.5. The van der Waals surface area contributed by atoms with Crippen molar-refractivity contribution in [1.82, 2.24) is 20.3 Å². The third-order valence-electron chi connectivity index (χ3n) is 2.32. The van der Waals surface area contributed by atoms with Crippen LogP contribution in [0.1, 0.15) is 26.2 Å². The Kier molecular flexibility index (Phi) is 5.49. The lowest BCUT2D eigenvalue weighted by Gasteiger charge is -2.11. The van der Waals surface area contributed by atoms with Crippen molar-refractivity contribution in [1.29, 1.82) is 0 Å². The molecule has 1 aromatic heterocycles. The summed E-state index contributed by atoms with van der Waals surface area (Å²) in [6.07, 6.45) is 6.14. The van der Waals surface area contributed by atoms with Crippen LogP contribution in [0.5, 0.6) is 0 Å². The standard InChI is InChI=1S/C10H19N5O/c1-2-3-4-9(11)10(16)12-5-7-15-8-6-13-14-15/h6,8-9H,2-5,7,11H2,1H3,(H,12,16)/t9-/m0/s1. The van der Waals surface area contributed by atoms with Gasteiger partial charge in [0, 0.05) is 12.7 Å². The van der Waals surface area contributed by atoms with Crippen molar-refractivity contribution < 1.29 is 4.79 Å². The third kappa shape index (κ3) is 4.39. The summed E-state index contributed by atoms with van der Waals surface area (Å²) in [5.41, 5.74) is 5.72. The second kappa shape index (κ2) is 6.95. The minimum atomic E-state index is -0.393. The molecule has 3 N–H and O–H groups in total. The van der Waals surface area contributed by atoms with E-state index >= 15 is 0 Å². The van der Waals surface area contributed by atoms with Gasteiger partial charge in [0.15, 0.2) is 0 Å². The molecular formula is C10H19N5O. The number of nitrogens with zero attached hydrogens (tertiary/aromatic N) is 3. The van der Waals surface area contributed by atoms with Gasteiger partial charge in [-0.25, -0.2) is 0 Å². The van der Waals surface area contributed by atoms with Crippen LogP contribution in [0.2, 0.25) is 0 Å². The second-order valence-corrected chi connectivity index (χ2v) is 3.71. The minimum Gasteiger partial charge on any atom is -0.353 e. The highest BCUT2D eigenvalue weighted by molar-refractivity contribution is 5.81. The van der Waals surface area contributed by atoms with Crippen LogP contribution in [0.4, 0.5) is 0 Å².